The number of imidazole rings is 1. The van der Waals surface area contributed by atoms with E-state index in [1.165, 1.54) is 5.52 Å². The van der Waals surface area contributed by atoms with Gasteiger partial charge in [0.1, 0.15) is 0 Å². The van der Waals surface area contributed by atoms with Crippen LogP contribution in [0.4, 0.5) is 0 Å². The molecule has 0 radical (unpaired) electrons. The van der Waals surface area contributed by atoms with Gasteiger partial charge in [0.15, 0.2) is 5.82 Å². The van der Waals surface area contributed by atoms with Gasteiger partial charge in [0, 0.05) is 19.3 Å². The van der Waals surface area contributed by atoms with Gasteiger partial charge in [-0.1, -0.05) is 19.9 Å². The maximum absolute atomic E-state index is 5.72. The zero-order chi connectivity index (χ0) is 14.1. The fourth-order valence-corrected chi connectivity index (χ4v) is 2.98. The second kappa shape index (κ2) is 5.34. The highest BCUT2D eigenvalue weighted by molar-refractivity contribution is 7.13. The molecule has 104 valence electrons. The maximum atomic E-state index is 5.72. The van der Waals surface area contributed by atoms with Crippen LogP contribution in [-0.4, -0.2) is 14.5 Å². The summed E-state index contributed by atoms with van der Waals surface area (Å²) in [6.07, 6.45) is 1.88. The average Bonchev–Trinajstić information content (AvgIpc) is 3.05. The minimum Gasteiger partial charge on any atom is -0.326 e. The molecule has 0 aliphatic heterocycles. The van der Waals surface area contributed by atoms with Crippen LogP contribution in [0, 0.1) is 5.92 Å². The number of thiazole rings is 1. The first kappa shape index (κ1) is 13.3. The number of nitrogens with zero attached hydrogens (tertiary/aromatic N) is 3. The summed E-state index contributed by atoms with van der Waals surface area (Å²) in [6, 6.07) is 6.28. The number of benzene rings is 1. The zero-order valence-corrected chi connectivity index (χ0v) is 12.5. The molecule has 2 aromatic heterocycles. The molecule has 5 heteroatoms. The van der Waals surface area contributed by atoms with Gasteiger partial charge < -0.3 is 10.3 Å². The van der Waals surface area contributed by atoms with E-state index in [0.29, 0.717) is 12.5 Å². The van der Waals surface area contributed by atoms with Gasteiger partial charge in [0.25, 0.3) is 0 Å². The van der Waals surface area contributed by atoms with E-state index >= 15 is 0 Å². The molecule has 2 heterocycles. The van der Waals surface area contributed by atoms with E-state index in [1.54, 1.807) is 11.3 Å². The molecule has 0 saturated carbocycles. The fourth-order valence-electron chi connectivity index (χ4n) is 2.37. The molecule has 0 saturated heterocycles. The van der Waals surface area contributed by atoms with Crippen LogP contribution in [0.15, 0.2) is 29.9 Å². The van der Waals surface area contributed by atoms with Crippen molar-refractivity contribution < 1.29 is 0 Å². The molecular weight excluding hydrogens is 268 g/mol. The van der Waals surface area contributed by atoms with E-state index in [4.69, 9.17) is 10.7 Å². The number of nitrogens with two attached hydrogens (primary N) is 1. The fraction of sp³-hybridized carbons (Fsp3) is 0.333. The van der Waals surface area contributed by atoms with Crippen LogP contribution in [0.1, 0.15) is 19.4 Å². The first-order valence-electron chi connectivity index (χ1n) is 6.77. The summed E-state index contributed by atoms with van der Waals surface area (Å²) in [7, 11) is 0. The average molecular weight is 286 g/mol. The lowest BCUT2D eigenvalue weighted by atomic mass is 10.2. The van der Waals surface area contributed by atoms with Gasteiger partial charge in [-0.15, -0.1) is 11.3 Å². The Morgan fingerprint density at radius 3 is 2.85 bits per heavy atom. The Morgan fingerprint density at radius 1 is 1.35 bits per heavy atom. The largest absolute Gasteiger partial charge is 0.326 e. The van der Waals surface area contributed by atoms with E-state index in [-0.39, 0.29) is 0 Å². The molecule has 2 N–H and O–H groups in total. The molecular formula is C15H18N4S. The predicted molar refractivity (Wildman–Crippen MR) is 83.6 cm³/mol. The first-order chi connectivity index (χ1) is 9.69. The SMILES string of the molecule is CC(C)Cn1c(-c2cncs2)nc2cc(CN)ccc21. The van der Waals surface area contributed by atoms with Gasteiger partial charge in [-0.25, -0.2) is 4.98 Å². The lowest BCUT2D eigenvalue weighted by Gasteiger charge is -2.10. The van der Waals surface area contributed by atoms with Crippen LogP contribution >= 0.6 is 11.3 Å². The van der Waals surface area contributed by atoms with Crippen molar-refractivity contribution in [2.24, 2.45) is 11.7 Å². The molecule has 0 amide bonds. The van der Waals surface area contributed by atoms with Gasteiger partial charge >= 0.3 is 0 Å². The molecule has 0 aliphatic carbocycles. The van der Waals surface area contributed by atoms with Crippen molar-refractivity contribution in [1.82, 2.24) is 14.5 Å². The molecule has 0 aliphatic rings. The quantitative estimate of drug-likeness (QED) is 0.800. The maximum Gasteiger partial charge on any atom is 0.152 e. The van der Waals surface area contributed by atoms with Crippen LogP contribution in [0.2, 0.25) is 0 Å². The van der Waals surface area contributed by atoms with Crippen LogP contribution in [0.5, 0.6) is 0 Å². The van der Waals surface area contributed by atoms with Gasteiger partial charge in [0.05, 0.1) is 21.4 Å². The number of fused-ring (bicyclic) bond motifs is 1. The minimum absolute atomic E-state index is 0.545. The molecule has 1 aromatic carbocycles. The Bertz CT molecular complexity index is 713. The van der Waals surface area contributed by atoms with Crippen LogP contribution in [-0.2, 0) is 13.1 Å². The summed E-state index contributed by atoms with van der Waals surface area (Å²) in [6.45, 7) is 5.93. The Labute approximate surface area is 122 Å². The van der Waals surface area contributed by atoms with Crippen molar-refractivity contribution in [1.29, 1.82) is 0 Å². The second-order valence-corrected chi connectivity index (χ2v) is 6.22. The second-order valence-electron chi connectivity index (χ2n) is 5.33. The van der Waals surface area contributed by atoms with Crippen molar-refractivity contribution in [3.05, 3.63) is 35.5 Å². The van der Waals surface area contributed by atoms with E-state index in [1.807, 2.05) is 11.7 Å². The zero-order valence-electron chi connectivity index (χ0n) is 11.7. The normalized spacial score (nSPS) is 11.6. The van der Waals surface area contributed by atoms with Crippen molar-refractivity contribution in [2.75, 3.05) is 0 Å². The number of rotatable bonds is 4. The third-order valence-electron chi connectivity index (χ3n) is 3.25. The highest BCUT2D eigenvalue weighted by atomic mass is 32.1. The van der Waals surface area contributed by atoms with Crippen LogP contribution < -0.4 is 5.73 Å². The summed E-state index contributed by atoms with van der Waals surface area (Å²) in [4.78, 5) is 10.1. The van der Waals surface area contributed by atoms with E-state index in [2.05, 4.69) is 41.6 Å². The Hall–Kier alpha value is -1.72. The number of hydrogen-bond acceptors (Lipinski definition) is 4. The topological polar surface area (TPSA) is 56.7 Å². The lowest BCUT2D eigenvalue weighted by molar-refractivity contribution is 0.537. The summed E-state index contributed by atoms with van der Waals surface area (Å²) >= 11 is 1.62. The van der Waals surface area contributed by atoms with Gasteiger partial charge in [-0.05, 0) is 23.6 Å². The third-order valence-corrected chi connectivity index (χ3v) is 4.02. The summed E-state index contributed by atoms with van der Waals surface area (Å²) in [5.41, 5.74) is 10.9. The highest BCUT2D eigenvalue weighted by Crippen LogP contribution is 2.28. The summed E-state index contributed by atoms with van der Waals surface area (Å²) in [5.74, 6) is 1.57. The standard InChI is InChI=1S/C15H18N4S/c1-10(2)8-19-13-4-3-11(6-16)5-12(13)18-15(19)14-7-17-9-20-14/h3-5,7,9-10H,6,8,16H2,1-2H3. The lowest BCUT2D eigenvalue weighted by Crippen LogP contribution is -2.05. The molecule has 3 aromatic rings. The molecule has 0 spiro atoms. The van der Waals surface area contributed by atoms with Gasteiger partial charge in [0.2, 0.25) is 0 Å². The minimum atomic E-state index is 0.545. The first-order valence-corrected chi connectivity index (χ1v) is 7.65. The van der Waals surface area contributed by atoms with Gasteiger partial charge in [-0.3, -0.25) is 4.98 Å². The summed E-state index contributed by atoms with van der Waals surface area (Å²) < 4.78 is 2.29. The molecule has 0 bridgehead atoms. The molecule has 0 unspecified atom stereocenters. The van der Waals surface area contributed by atoms with Crippen LogP contribution in [0.3, 0.4) is 0 Å². The Balaban J connectivity index is 2.21. The van der Waals surface area contributed by atoms with Crippen molar-refractivity contribution in [2.45, 2.75) is 26.9 Å². The third kappa shape index (κ3) is 2.34. The van der Waals surface area contributed by atoms with Crippen molar-refractivity contribution in [3.63, 3.8) is 0 Å². The van der Waals surface area contributed by atoms with E-state index in [9.17, 15) is 0 Å². The van der Waals surface area contributed by atoms with E-state index < -0.39 is 0 Å². The van der Waals surface area contributed by atoms with E-state index in [0.717, 1.165) is 28.3 Å². The highest BCUT2D eigenvalue weighted by Gasteiger charge is 2.14. The van der Waals surface area contributed by atoms with Crippen molar-refractivity contribution >= 4 is 22.4 Å². The van der Waals surface area contributed by atoms with Crippen LogP contribution in [0.25, 0.3) is 21.7 Å². The Kier molecular flexibility index (Phi) is 3.54. The smallest absolute Gasteiger partial charge is 0.152 e. The van der Waals surface area contributed by atoms with Gasteiger partial charge in [-0.2, -0.15) is 0 Å². The number of hydrogen-bond donors (Lipinski definition) is 1. The number of aromatic nitrogens is 3. The molecule has 4 nitrogen and oxygen atoms in total. The molecule has 3 rings (SSSR count). The predicted octanol–water partition coefficient (Wildman–Crippen LogP) is 3.27. The van der Waals surface area contributed by atoms with Crippen molar-refractivity contribution in [3.8, 4) is 10.7 Å². The molecule has 20 heavy (non-hydrogen) atoms. The summed E-state index contributed by atoms with van der Waals surface area (Å²) in [5, 5.41) is 0. The molecule has 0 fully saturated rings. The molecule has 0 atom stereocenters. The monoisotopic (exact) mass is 286 g/mol. The Morgan fingerprint density at radius 2 is 2.20 bits per heavy atom.